The predicted molar refractivity (Wildman–Crippen MR) is 53.0 cm³/mol. The molecule has 1 unspecified atom stereocenters. The van der Waals surface area contributed by atoms with E-state index in [0.29, 0.717) is 5.92 Å². The molecule has 1 atom stereocenters. The van der Waals surface area contributed by atoms with Crippen LogP contribution in [0.3, 0.4) is 0 Å². The molecule has 0 heterocycles. The predicted octanol–water partition coefficient (Wildman–Crippen LogP) is 2.46. The van der Waals surface area contributed by atoms with Crippen molar-refractivity contribution < 1.29 is 9.90 Å². The zero-order valence-electron chi connectivity index (χ0n) is 7.94. The fourth-order valence-electron chi connectivity index (χ4n) is 1.96. The molecule has 2 nitrogen and oxygen atoms in total. The molecule has 73 valence electrons. The lowest BCUT2D eigenvalue weighted by atomic mass is 9.73. The molecule has 2 rings (SSSR count). The fraction of sp³-hybridized carbons (Fsp3) is 0.417. The minimum Gasteiger partial charge on any atom is -0.481 e. The first-order chi connectivity index (χ1) is 6.79. The van der Waals surface area contributed by atoms with Gasteiger partial charge < -0.3 is 5.11 Å². The van der Waals surface area contributed by atoms with Gasteiger partial charge in [0.25, 0.3) is 0 Å². The zero-order chi connectivity index (χ0) is 9.97. The molecule has 2 heteroatoms. The summed E-state index contributed by atoms with van der Waals surface area (Å²) in [5.41, 5.74) is 0.824. The SMILES string of the molecule is O=C(O)C(c1[c]cccc1)C1CCC1. The number of aliphatic carboxylic acids is 1. The highest BCUT2D eigenvalue weighted by Gasteiger charge is 2.33. The Hall–Kier alpha value is -1.31. The average Bonchev–Trinajstić information content (AvgIpc) is 2.12. The van der Waals surface area contributed by atoms with Gasteiger partial charge in [0.05, 0.1) is 5.92 Å². The second-order valence-corrected chi connectivity index (χ2v) is 3.82. The molecule has 1 fully saturated rings. The maximum Gasteiger partial charge on any atom is 0.311 e. The topological polar surface area (TPSA) is 37.3 Å². The van der Waals surface area contributed by atoms with Crippen molar-refractivity contribution in [1.29, 1.82) is 0 Å². The van der Waals surface area contributed by atoms with Gasteiger partial charge in [-0.25, -0.2) is 0 Å². The third-order valence-corrected chi connectivity index (χ3v) is 2.96. The molecule has 0 aromatic heterocycles. The molecule has 1 aliphatic carbocycles. The van der Waals surface area contributed by atoms with E-state index in [-0.39, 0.29) is 5.92 Å². The first-order valence-electron chi connectivity index (χ1n) is 4.98. The minimum atomic E-state index is -0.711. The lowest BCUT2D eigenvalue weighted by Gasteiger charge is -2.31. The number of carboxylic acid groups (broad SMARTS) is 1. The Morgan fingerprint density at radius 2 is 2.29 bits per heavy atom. The summed E-state index contributed by atoms with van der Waals surface area (Å²) in [7, 11) is 0. The standard InChI is InChI=1S/C12H13O2/c13-12(14)11(10-7-4-8-10)9-5-2-1-3-6-9/h1-3,5,10-11H,4,7-8H2,(H,13,14). The quantitative estimate of drug-likeness (QED) is 0.793. The van der Waals surface area contributed by atoms with Crippen LogP contribution in [-0.2, 0) is 4.79 Å². The molecule has 1 aliphatic rings. The van der Waals surface area contributed by atoms with E-state index in [2.05, 4.69) is 6.07 Å². The van der Waals surface area contributed by atoms with Crippen LogP contribution in [0.5, 0.6) is 0 Å². The molecule has 0 saturated heterocycles. The Bertz CT molecular complexity index is 314. The molecule has 1 saturated carbocycles. The molecule has 0 aliphatic heterocycles. The van der Waals surface area contributed by atoms with Crippen LogP contribution in [0.25, 0.3) is 0 Å². The van der Waals surface area contributed by atoms with Crippen LogP contribution in [-0.4, -0.2) is 11.1 Å². The Kier molecular flexibility index (Phi) is 2.53. The molecular formula is C12H13O2. The molecule has 0 amide bonds. The van der Waals surface area contributed by atoms with E-state index >= 15 is 0 Å². The molecule has 0 spiro atoms. The van der Waals surface area contributed by atoms with E-state index in [1.165, 1.54) is 6.42 Å². The van der Waals surface area contributed by atoms with Gasteiger partial charge in [0.2, 0.25) is 0 Å². The number of carboxylic acids is 1. The Labute approximate surface area is 83.6 Å². The van der Waals surface area contributed by atoms with Crippen molar-refractivity contribution in [2.45, 2.75) is 25.2 Å². The average molecular weight is 189 g/mol. The molecule has 0 bridgehead atoms. The lowest BCUT2D eigenvalue weighted by molar-refractivity contribution is -0.141. The second-order valence-electron chi connectivity index (χ2n) is 3.82. The van der Waals surface area contributed by atoms with Gasteiger partial charge in [-0.05, 0) is 30.4 Å². The number of hydrogen-bond donors (Lipinski definition) is 1. The maximum absolute atomic E-state index is 11.1. The first kappa shape index (κ1) is 9.25. The molecule has 14 heavy (non-hydrogen) atoms. The fourth-order valence-corrected chi connectivity index (χ4v) is 1.96. The summed E-state index contributed by atoms with van der Waals surface area (Å²) in [5.74, 6) is -0.728. The third kappa shape index (κ3) is 1.65. The number of rotatable bonds is 3. The summed E-state index contributed by atoms with van der Waals surface area (Å²) < 4.78 is 0. The summed E-state index contributed by atoms with van der Waals surface area (Å²) in [4.78, 5) is 11.1. The van der Waals surface area contributed by atoms with Crippen LogP contribution in [0.2, 0.25) is 0 Å². The monoisotopic (exact) mass is 189 g/mol. The van der Waals surface area contributed by atoms with E-state index in [1.807, 2.05) is 18.2 Å². The van der Waals surface area contributed by atoms with Crippen LogP contribution in [0.15, 0.2) is 24.3 Å². The summed E-state index contributed by atoms with van der Waals surface area (Å²) in [6.45, 7) is 0. The minimum absolute atomic E-state index is 0.325. The largest absolute Gasteiger partial charge is 0.481 e. The Morgan fingerprint density at radius 1 is 1.50 bits per heavy atom. The molecular weight excluding hydrogens is 176 g/mol. The van der Waals surface area contributed by atoms with E-state index < -0.39 is 5.97 Å². The van der Waals surface area contributed by atoms with Crippen LogP contribution in [0, 0.1) is 12.0 Å². The molecule has 1 N–H and O–H groups in total. The molecule has 1 aromatic rings. The Balaban J connectivity index is 2.22. The van der Waals surface area contributed by atoms with Gasteiger partial charge in [-0.3, -0.25) is 4.79 Å². The van der Waals surface area contributed by atoms with Gasteiger partial charge in [0.1, 0.15) is 0 Å². The highest BCUT2D eigenvalue weighted by Crippen LogP contribution is 2.39. The summed E-state index contributed by atoms with van der Waals surface area (Å²) in [5, 5.41) is 9.14. The zero-order valence-corrected chi connectivity index (χ0v) is 7.94. The van der Waals surface area contributed by atoms with Crippen LogP contribution < -0.4 is 0 Å². The van der Waals surface area contributed by atoms with Crippen molar-refractivity contribution in [3.8, 4) is 0 Å². The highest BCUT2D eigenvalue weighted by molar-refractivity contribution is 5.76. The van der Waals surface area contributed by atoms with Crippen molar-refractivity contribution in [2.75, 3.05) is 0 Å². The number of carbonyl (C=O) groups is 1. The van der Waals surface area contributed by atoms with E-state index in [1.54, 1.807) is 6.07 Å². The smallest absolute Gasteiger partial charge is 0.311 e. The summed E-state index contributed by atoms with van der Waals surface area (Å²) in [6, 6.07) is 10.4. The lowest BCUT2D eigenvalue weighted by Crippen LogP contribution is -2.26. The van der Waals surface area contributed by atoms with Gasteiger partial charge >= 0.3 is 5.97 Å². The van der Waals surface area contributed by atoms with Gasteiger partial charge in [-0.2, -0.15) is 0 Å². The van der Waals surface area contributed by atoms with Crippen LogP contribution in [0.1, 0.15) is 30.7 Å². The van der Waals surface area contributed by atoms with Crippen molar-refractivity contribution in [3.05, 3.63) is 35.9 Å². The van der Waals surface area contributed by atoms with E-state index in [9.17, 15) is 4.79 Å². The summed E-state index contributed by atoms with van der Waals surface area (Å²) >= 11 is 0. The van der Waals surface area contributed by atoms with Gasteiger partial charge in [-0.1, -0.05) is 30.7 Å². The van der Waals surface area contributed by atoms with Gasteiger partial charge in [0.15, 0.2) is 0 Å². The van der Waals surface area contributed by atoms with Crippen molar-refractivity contribution >= 4 is 5.97 Å². The Morgan fingerprint density at radius 3 is 2.71 bits per heavy atom. The molecule has 1 aromatic carbocycles. The molecule has 1 radical (unpaired) electrons. The van der Waals surface area contributed by atoms with Gasteiger partial charge in [-0.15, -0.1) is 0 Å². The number of benzene rings is 1. The first-order valence-corrected chi connectivity index (χ1v) is 4.98. The number of hydrogen-bond acceptors (Lipinski definition) is 1. The van der Waals surface area contributed by atoms with E-state index in [0.717, 1.165) is 18.4 Å². The van der Waals surface area contributed by atoms with Crippen LogP contribution >= 0.6 is 0 Å². The maximum atomic E-state index is 11.1. The van der Waals surface area contributed by atoms with Gasteiger partial charge in [0, 0.05) is 0 Å². The third-order valence-electron chi connectivity index (χ3n) is 2.96. The van der Waals surface area contributed by atoms with Crippen molar-refractivity contribution in [1.82, 2.24) is 0 Å². The van der Waals surface area contributed by atoms with E-state index in [4.69, 9.17) is 5.11 Å². The van der Waals surface area contributed by atoms with Crippen molar-refractivity contribution in [2.24, 2.45) is 5.92 Å². The second kappa shape index (κ2) is 3.82. The normalized spacial score (nSPS) is 18.6. The highest BCUT2D eigenvalue weighted by atomic mass is 16.4. The van der Waals surface area contributed by atoms with Crippen LogP contribution in [0.4, 0.5) is 0 Å². The summed E-state index contributed by atoms with van der Waals surface area (Å²) in [6.07, 6.45) is 3.25. The van der Waals surface area contributed by atoms with Crippen molar-refractivity contribution in [3.63, 3.8) is 0 Å².